The Morgan fingerprint density at radius 3 is 2.69 bits per heavy atom. The molecule has 0 aromatic carbocycles. The lowest BCUT2D eigenvalue weighted by molar-refractivity contribution is 1.12. The highest BCUT2D eigenvalue weighted by Crippen LogP contribution is 2.20. The van der Waals surface area contributed by atoms with Crippen LogP contribution in [0.3, 0.4) is 0 Å². The molecule has 0 aliphatic rings. The van der Waals surface area contributed by atoms with Gasteiger partial charge in [-0.15, -0.1) is 0 Å². The Bertz CT molecular complexity index is 559. The monoisotopic (exact) mass is 294 g/mol. The maximum absolute atomic E-state index is 8.74. The lowest BCUT2D eigenvalue weighted by atomic mass is 10.2. The quantitative estimate of drug-likeness (QED) is 0.599. The molecule has 6 heteroatoms. The molecule has 0 saturated heterocycles. The lowest BCUT2D eigenvalue weighted by Crippen LogP contribution is -1.92. The van der Waals surface area contributed by atoms with Crippen molar-refractivity contribution in [3.05, 3.63) is 39.8 Å². The van der Waals surface area contributed by atoms with Crippen LogP contribution in [0.25, 0.3) is 11.4 Å². The maximum atomic E-state index is 8.74. The highest BCUT2D eigenvalue weighted by molar-refractivity contribution is 9.10. The molecule has 0 spiro atoms. The summed E-state index contributed by atoms with van der Waals surface area (Å²) in [4.78, 5) is 12.0. The van der Waals surface area contributed by atoms with Crippen LogP contribution in [-0.4, -0.2) is 15.0 Å². The van der Waals surface area contributed by atoms with Crippen LogP contribution < -0.4 is 0 Å². The molecule has 0 unspecified atom stereocenters. The molecule has 0 amide bonds. The Hall–Kier alpha value is -1.51. The normalized spacial score (nSPS) is 9.81. The molecule has 2 aromatic heterocycles. The van der Waals surface area contributed by atoms with Gasteiger partial charge in [-0.25, -0.2) is 15.0 Å². The van der Waals surface area contributed by atoms with Crippen LogP contribution in [0.2, 0.25) is 5.28 Å². The summed E-state index contributed by atoms with van der Waals surface area (Å²) in [6.07, 6.45) is 0. The fourth-order valence-electron chi connectivity index (χ4n) is 1.16. The number of hydrogen-bond donors (Lipinski definition) is 0. The number of pyridine rings is 1. The molecule has 2 heterocycles. The van der Waals surface area contributed by atoms with Crippen LogP contribution in [0.15, 0.2) is 28.9 Å². The number of hydrogen-bond acceptors (Lipinski definition) is 4. The molecule has 0 bridgehead atoms. The van der Waals surface area contributed by atoms with Gasteiger partial charge >= 0.3 is 0 Å². The third kappa shape index (κ3) is 2.35. The number of halogens is 2. The van der Waals surface area contributed by atoms with Gasteiger partial charge in [0.25, 0.3) is 0 Å². The zero-order chi connectivity index (χ0) is 11.5. The van der Waals surface area contributed by atoms with E-state index in [0.29, 0.717) is 21.7 Å². The van der Waals surface area contributed by atoms with Gasteiger partial charge in [-0.1, -0.05) is 6.07 Å². The van der Waals surface area contributed by atoms with E-state index < -0.39 is 0 Å². The predicted octanol–water partition coefficient (Wildman–Crippen LogP) is 2.83. The van der Waals surface area contributed by atoms with Crippen LogP contribution in [0.4, 0.5) is 0 Å². The van der Waals surface area contributed by atoms with Crippen molar-refractivity contribution < 1.29 is 0 Å². The fourth-order valence-corrected chi connectivity index (χ4v) is 1.83. The summed E-state index contributed by atoms with van der Waals surface area (Å²) in [6.45, 7) is 0. The van der Waals surface area contributed by atoms with E-state index in [1.54, 1.807) is 24.3 Å². The van der Waals surface area contributed by atoms with Crippen LogP contribution in [0.5, 0.6) is 0 Å². The summed E-state index contributed by atoms with van der Waals surface area (Å²) in [5.41, 5.74) is 1.50. The van der Waals surface area contributed by atoms with Gasteiger partial charge in [-0.05, 0) is 45.7 Å². The zero-order valence-corrected chi connectivity index (χ0v) is 10.2. The Balaban J connectivity index is 2.54. The fraction of sp³-hybridized carbons (Fsp3) is 0. The Morgan fingerprint density at radius 2 is 2.00 bits per heavy atom. The molecule has 0 N–H and O–H groups in total. The van der Waals surface area contributed by atoms with E-state index in [1.165, 1.54) is 0 Å². The molecule has 0 aliphatic heterocycles. The Labute approximate surface area is 105 Å². The minimum atomic E-state index is 0.133. The minimum Gasteiger partial charge on any atom is -0.235 e. The Morgan fingerprint density at radius 1 is 1.19 bits per heavy atom. The molecule has 0 fully saturated rings. The smallest absolute Gasteiger partial charge is 0.224 e. The SMILES string of the molecule is N#Cc1cccc(-c2cc(Br)nc(Cl)n2)n1. The average molecular weight is 296 g/mol. The molecular weight excluding hydrogens is 291 g/mol. The second-order valence-electron chi connectivity index (χ2n) is 2.86. The van der Waals surface area contributed by atoms with Crippen molar-refractivity contribution >= 4 is 27.5 Å². The summed E-state index contributed by atoms with van der Waals surface area (Å²) < 4.78 is 0.576. The van der Waals surface area contributed by atoms with Gasteiger partial charge in [-0.3, -0.25) is 0 Å². The second-order valence-corrected chi connectivity index (χ2v) is 4.02. The molecule has 4 nitrogen and oxygen atoms in total. The standard InChI is InChI=1S/C10H4BrClN4/c11-9-4-8(15-10(12)16-9)7-3-1-2-6(5-13)14-7/h1-4H. The highest BCUT2D eigenvalue weighted by Gasteiger charge is 2.05. The number of aromatic nitrogens is 3. The van der Waals surface area contributed by atoms with E-state index in [-0.39, 0.29) is 5.28 Å². The van der Waals surface area contributed by atoms with Gasteiger partial charge in [-0.2, -0.15) is 5.26 Å². The number of rotatable bonds is 1. The van der Waals surface area contributed by atoms with Crippen molar-refractivity contribution in [2.24, 2.45) is 0 Å². The van der Waals surface area contributed by atoms with Crippen LogP contribution in [-0.2, 0) is 0 Å². The van der Waals surface area contributed by atoms with E-state index in [4.69, 9.17) is 16.9 Å². The first-order chi connectivity index (χ1) is 7.69. The van der Waals surface area contributed by atoms with Crippen molar-refractivity contribution in [1.29, 1.82) is 5.26 Å². The average Bonchev–Trinajstić information content (AvgIpc) is 2.28. The summed E-state index contributed by atoms with van der Waals surface area (Å²) >= 11 is 8.95. The van der Waals surface area contributed by atoms with E-state index in [9.17, 15) is 0 Å². The van der Waals surface area contributed by atoms with Crippen molar-refractivity contribution in [3.63, 3.8) is 0 Å². The summed E-state index contributed by atoms with van der Waals surface area (Å²) in [7, 11) is 0. The van der Waals surface area contributed by atoms with Crippen molar-refractivity contribution in [1.82, 2.24) is 15.0 Å². The van der Waals surface area contributed by atoms with Crippen LogP contribution >= 0.6 is 27.5 Å². The zero-order valence-electron chi connectivity index (χ0n) is 7.85. The first-order valence-corrected chi connectivity index (χ1v) is 5.44. The van der Waals surface area contributed by atoms with Gasteiger partial charge < -0.3 is 0 Å². The lowest BCUT2D eigenvalue weighted by Gasteiger charge is -2.01. The van der Waals surface area contributed by atoms with Crippen molar-refractivity contribution in [3.8, 4) is 17.5 Å². The second kappa shape index (κ2) is 4.56. The van der Waals surface area contributed by atoms with Gasteiger partial charge in [0, 0.05) is 0 Å². The van der Waals surface area contributed by atoms with E-state index in [2.05, 4.69) is 30.9 Å². The topological polar surface area (TPSA) is 62.5 Å². The van der Waals surface area contributed by atoms with E-state index >= 15 is 0 Å². The number of nitrogens with zero attached hydrogens (tertiary/aromatic N) is 4. The molecule has 0 aliphatic carbocycles. The highest BCUT2D eigenvalue weighted by atomic mass is 79.9. The van der Waals surface area contributed by atoms with E-state index in [1.807, 2.05) is 6.07 Å². The molecule has 16 heavy (non-hydrogen) atoms. The minimum absolute atomic E-state index is 0.133. The molecule has 0 radical (unpaired) electrons. The first kappa shape index (κ1) is 11.0. The van der Waals surface area contributed by atoms with Gasteiger partial charge in [0.2, 0.25) is 5.28 Å². The van der Waals surface area contributed by atoms with E-state index in [0.717, 1.165) is 0 Å². The molecule has 0 atom stereocenters. The summed E-state index contributed by atoms with van der Waals surface area (Å²) in [6, 6.07) is 8.78. The largest absolute Gasteiger partial charge is 0.235 e. The van der Waals surface area contributed by atoms with Gasteiger partial charge in [0.1, 0.15) is 16.4 Å². The van der Waals surface area contributed by atoms with Crippen LogP contribution in [0, 0.1) is 11.3 Å². The summed E-state index contributed by atoms with van der Waals surface area (Å²) in [5.74, 6) is 0. The van der Waals surface area contributed by atoms with Crippen molar-refractivity contribution in [2.75, 3.05) is 0 Å². The van der Waals surface area contributed by atoms with Crippen molar-refractivity contribution in [2.45, 2.75) is 0 Å². The molecular formula is C10H4BrClN4. The third-order valence-corrected chi connectivity index (χ3v) is 2.37. The molecule has 2 aromatic rings. The molecule has 78 valence electrons. The third-order valence-electron chi connectivity index (χ3n) is 1.79. The predicted molar refractivity (Wildman–Crippen MR) is 62.7 cm³/mol. The Kier molecular flexibility index (Phi) is 3.13. The number of nitriles is 1. The summed E-state index contributed by atoms with van der Waals surface area (Å²) in [5, 5.41) is 8.87. The van der Waals surface area contributed by atoms with Gasteiger partial charge in [0.05, 0.1) is 11.4 Å². The molecule has 2 rings (SSSR count). The van der Waals surface area contributed by atoms with Gasteiger partial charge in [0.15, 0.2) is 0 Å². The van der Waals surface area contributed by atoms with Crippen LogP contribution in [0.1, 0.15) is 5.69 Å². The first-order valence-electron chi connectivity index (χ1n) is 4.26. The maximum Gasteiger partial charge on any atom is 0.224 e. The molecule has 0 saturated carbocycles.